The van der Waals surface area contributed by atoms with Crippen molar-refractivity contribution in [3.8, 4) is 0 Å². The van der Waals surface area contributed by atoms with E-state index >= 15 is 0 Å². The Morgan fingerprint density at radius 3 is 2.79 bits per heavy atom. The van der Waals surface area contributed by atoms with Crippen LogP contribution in [0.3, 0.4) is 0 Å². The molecule has 0 aromatic rings. The van der Waals surface area contributed by atoms with E-state index in [4.69, 9.17) is 9.84 Å². The van der Waals surface area contributed by atoms with Crippen molar-refractivity contribution in [2.45, 2.75) is 36.7 Å². The molecule has 6 heteroatoms. The van der Waals surface area contributed by atoms with Crippen molar-refractivity contribution in [3.63, 3.8) is 0 Å². The van der Waals surface area contributed by atoms with E-state index in [0.717, 1.165) is 5.04 Å². The molecule has 2 aliphatic heterocycles. The maximum absolute atomic E-state index is 9.71. The average Bonchev–Trinajstić information content (AvgIpc) is 2.52. The topological polar surface area (TPSA) is 82.3 Å². The van der Waals surface area contributed by atoms with Gasteiger partial charge in [-0.15, -0.1) is 0 Å². The molecule has 5 unspecified atom stereocenters. The maximum atomic E-state index is 9.71. The SMILES string of the molecule is CC1=NC2C(OC(CO)C(O)C2O)S1. The molecule has 2 rings (SSSR count). The molecule has 1 saturated heterocycles. The largest absolute Gasteiger partial charge is 0.394 e. The monoisotopic (exact) mass is 219 g/mol. The Morgan fingerprint density at radius 2 is 2.14 bits per heavy atom. The zero-order valence-corrected chi connectivity index (χ0v) is 8.52. The molecule has 14 heavy (non-hydrogen) atoms. The second kappa shape index (κ2) is 3.79. The zero-order chi connectivity index (χ0) is 10.3. The zero-order valence-electron chi connectivity index (χ0n) is 7.70. The number of nitrogens with zero attached hydrogens (tertiary/aromatic N) is 1. The Hall–Kier alpha value is -0.140. The summed E-state index contributed by atoms with van der Waals surface area (Å²) in [6.45, 7) is 1.54. The first-order valence-corrected chi connectivity index (χ1v) is 5.35. The molecule has 0 radical (unpaired) electrons. The van der Waals surface area contributed by atoms with Crippen molar-refractivity contribution >= 4 is 16.8 Å². The fourth-order valence-corrected chi connectivity index (χ4v) is 2.79. The van der Waals surface area contributed by atoms with Crippen LogP contribution in [-0.4, -0.2) is 56.8 Å². The first-order chi connectivity index (χ1) is 6.63. The van der Waals surface area contributed by atoms with Gasteiger partial charge in [-0.05, 0) is 6.92 Å². The van der Waals surface area contributed by atoms with Crippen molar-refractivity contribution in [1.82, 2.24) is 0 Å². The van der Waals surface area contributed by atoms with Gasteiger partial charge in [0.2, 0.25) is 0 Å². The van der Waals surface area contributed by atoms with Crippen molar-refractivity contribution in [3.05, 3.63) is 0 Å². The van der Waals surface area contributed by atoms with Crippen molar-refractivity contribution < 1.29 is 20.1 Å². The van der Waals surface area contributed by atoms with Crippen LogP contribution >= 0.6 is 11.8 Å². The van der Waals surface area contributed by atoms with Gasteiger partial charge >= 0.3 is 0 Å². The fraction of sp³-hybridized carbons (Fsp3) is 0.875. The van der Waals surface area contributed by atoms with Crippen LogP contribution < -0.4 is 0 Å². The van der Waals surface area contributed by atoms with Gasteiger partial charge in [-0.25, -0.2) is 0 Å². The molecule has 0 spiro atoms. The highest BCUT2D eigenvalue weighted by atomic mass is 32.2. The van der Waals surface area contributed by atoms with Gasteiger partial charge in [0.1, 0.15) is 29.8 Å². The molecule has 0 bridgehead atoms. The number of aliphatic hydroxyl groups excluding tert-OH is 3. The highest BCUT2D eigenvalue weighted by Crippen LogP contribution is 2.36. The molecular weight excluding hydrogens is 206 g/mol. The smallest absolute Gasteiger partial charge is 0.134 e. The van der Waals surface area contributed by atoms with E-state index in [0.29, 0.717) is 0 Å². The van der Waals surface area contributed by atoms with Crippen LogP contribution in [0.5, 0.6) is 0 Å². The number of rotatable bonds is 1. The predicted molar refractivity (Wildman–Crippen MR) is 52.2 cm³/mol. The normalized spacial score (nSPS) is 47.4. The molecule has 0 aliphatic carbocycles. The summed E-state index contributed by atoms with van der Waals surface area (Å²) in [5, 5.41) is 29.0. The van der Waals surface area contributed by atoms with Gasteiger partial charge in [0.15, 0.2) is 0 Å². The third-order valence-electron chi connectivity index (χ3n) is 2.47. The van der Waals surface area contributed by atoms with Gasteiger partial charge in [0.05, 0.1) is 11.7 Å². The number of hydrogen-bond donors (Lipinski definition) is 3. The van der Waals surface area contributed by atoms with Crippen LogP contribution in [0, 0.1) is 0 Å². The lowest BCUT2D eigenvalue weighted by Gasteiger charge is -2.37. The standard InChI is InChI=1S/C8H13NO4S/c1-3-9-5-7(12)6(11)4(2-10)13-8(5)14-3/h4-8,10-12H,2H2,1H3. The summed E-state index contributed by atoms with van der Waals surface area (Å²) >= 11 is 1.42. The van der Waals surface area contributed by atoms with E-state index in [9.17, 15) is 10.2 Å². The second-order valence-corrected chi connectivity index (χ2v) is 4.75. The first-order valence-electron chi connectivity index (χ1n) is 4.47. The summed E-state index contributed by atoms with van der Waals surface area (Å²) in [6.07, 6.45) is -2.72. The summed E-state index contributed by atoms with van der Waals surface area (Å²) in [5.74, 6) is 0. The Bertz CT molecular complexity index is 260. The minimum Gasteiger partial charge on any atom is -0.394 e. The molecule has 80 valence electrons. The second-order valence-electron chi connectivity index (χ2n) is 3.46. The van der Waals surface area contributed by atoms with E-state index in [1.54, 1.807) is 0 Å². The minimum absolute atomic E-state index is 0.273. The quantitative estimate of drug-likeness (QED) is 0.525. The fourth-order valence-electron chi connectivity index (χ4n) is 1.71. The highest BCUT2D eigenvalue weighted by Gasteiger charge is 2.47. The van der Waals surface area contributed by atoms with Crippen molar-refractivity contribution in [2.75, 3.05) is 6.61 Å². The molecule has 0 saturated carbocycles. The van der Waals surface area contributed by atoms with Crippen molar-refractivity contribution in [2.24, 2.45) is 4.99 Å². The van der Waals surface area contributed by atoms with E-state index in [2.05, 4.69) is 4.99 Å². The molecule has 5 nitrogen and oxygen atoms in total. The predicted octanol–water partition coefficient (Wildman–Crippen LogP) is -1.04. The van der Waals surface area contributed by atoms with Crippen LogP contribution in [0.25, 0.3) is 0 Å². The molecule has 1 fully saturated rings. The van der Waals surface area contributed by atoms with Crippen molar-refractivity contribution in [1.29, 1.82) is 0 Å². The third-order valence-corrected chi connectivity index (χ3v) is 3.53. The lowest BCUT2D eigenvalue weighted by Crippen LogP contribution is -2.55. The summed E-state index contributed by atoms with van der Waals surface area (Å²) < 4.78 is 5.40. The molecule has 0 amide bonds. The van der Waals surface area contributed by atoms with Crippen LogP contribution in [0.4, 0.5) is 0 Å². The van der Waals surface area contributed by atoms with Gasteiger partial charge in [-0.1, -0.05) is 11.8 Å². The molecule has 0 aromatic carbocycles. The number of aliphatic hydroxyl groups is 3. The molecule has 3 N–H and O–H groups in total. The Balaban J connectivity index is 2.14. The maximum Gasteiger partial charge on any atom is 0.134 e. The van der Waals surface area contributed by atoms with Gasteiger partial charge in [-0.3, -0.25) is 4.99 Å². The summed E-state index contributed by atoms with van der Waals surface area (Å²) in [5.41, 5.74) is -0.273. The average molecular weight is 219 g/mol. The molecule has 5 atom stereocenters. The van der Waals surface area contributed by atoms with E-state index in [1.807, 2.05) is 6.92 Å². The van der Waals surface area contributed by atoms with Crippen LogP contribution in [-0.2, 0) is 4.74 Å². The van der Waals surface area contributed by atoms with Gasteiger partial charge < -0.3 is 20.1 Å². The molecule has 0 aromatic heterocycles. The summed E-state index contributed by atoms with van der Waals surface area (Å²) in [6, 6.07) is -0.405. The molecule has 2 aliphatic rings. The lowest BCUT2D eigenvalue weighted by atomic mass is 9.99. The summed E-state index contributed by atoms with van der Waals surface area (Å²) in [7, 11) is 0. The number of fused-ring (bicyclic) bond motifs is 1. The van der Waals surface area contributed by atoms with Crippen LogP contribution in [0.15, 0.2) is 4.99 Å². The van der Waals surface area contributed by atoms with Gasteiger partial charge in [-0.2, -0.15) is 0 Å². The Morgan fingerprint density at radius 1 is 1.43 bits per heavy atom. The molecule has 2 heterocycles. The lowest BCUT2D eigenvalue weighted by molar-refractivity contribution is -0.164. The number of ether oxygens (including phenoxy) is 1. The van der Waals surface area contributed by atoms with Crippen LogP contribution in [0.2, 0.25) is 0 Å². The Labute approximate surface area is 85.8 Å². The van der Waals surface area contributed by atoms with Gasteiger partial charge in [0, 0.05) is 0 Å². The van der Waals surface area contributed by atoms with Gasteiger partial charge in [0.25, 0.3) is 0 Å². The van der Waals surface area contributed by atoms with E-state index in [-0.39, 0.29) is 12.0 Å². The number of hydrogen-bond acceptors (Lipinski definition) is 6. The number of aliphatic imine (C=N–C) groups is 1. The third kappa shape index (κ3) is 1.57. The summed E-state index contributed by atoms with van der Waals surface area (Å²) in [4.78, 5) is 4.17. The van der Waals surface area contributed by atoms with E-state index < -0.39 is 24.4 Å². The minimum atomic E-state index is -1.06. The number of thioether (sulfide) groups is 1. The highest BCUT2D eigenvalue weighted by molar-refractivity contribution is 8.14. The van der Waals surface area contributed by atoms with E-state index in [1.165, 1.54) is 11.8 Å². The molecular formula is C8H13NO4S. The first kappa shape index (κ1) is 10.4. The van der Waals surface area contributed by atoms with Crippen LogP contribution in [0.1, 0.15) is 6.92 Å². The Kier molecular flexibility index (Phi) is 2.81.